The minimum absolute atomic E-state index is 0.193. The summed E-state index contributed by atoms with van der Waals surface area (Å²) in [6, 6.07) is 20.8. The number of esters is 1. The number of hydrogen-bond donors (Lipinski definition) is 0. The van der Waals surface area contributed by atoms with Gasteiger partial charge in [-0.2, -0.15) is 0 Å². The van der Waals surface area contributed by atoms with E-state index in [2.05, 4.69) is 64.1 Å². The highest BCUT2D eigenvalue weighted by molar-refractivity contribution is 7.57. The third-order valence-corrected chi connectivity index (χ3v) is 7.42. The molecular weight excluding hydrogens is 431 g/mol. The van der Waals surface area contributed by atoms with Gasteiger partial charge in [-0.05, 0) is 52.6 Å². The molecule has 0 aromatic heterocycles. The van der Waals surface area contributed by atoms with Crippen LogP contribution in [0, 0.1) is 0 Å². The molecule has 1 heterocycles. The smallest absolute Gasteiger partial charge is 0.326 e. The quantitative estimate of drug-likeness (QED) is 0.277. The van der Waals surface area contributed by atoms with Gasteiger partial charge in [0.25, 0.3) is 0 Å². The van der Waals surface area contributed by atoms with Gasteiger partial charge in [0.1, 0.15) is 11.5 Å². The Kier molecular flexibility index (Phi) is 7.05. The Labute approximate surface area is 197 Å². The standard InChI is InChI=1S/C28H31O4P/c1-18(2)23-16-20(14-15-27(29)30-5)17-24(19(3)4)28(23)32-33-26-13-9-7-11-22(26)21-10-6-8-12-25(21)31-33/h6-13,16-19H,14-15H2,1-5H3. The molecule has 3 aromatic carbocycles. The highest BCUT2D eigenvalue weighted by Gasteiger charge is 2.31. The monoisotopic (exact) mass is 462 g/mol. The lowest BCUT2D eigenvalue weighted by Gasteiger charge is -2.30. The highest BCUT2D eigenvalue weighted by atomic mass is 31.2. The molecule has 5 heteroatoms. The number of aryl methyl sites for hydroxylation is 1. The van der Waals surface area contributed by atoms with Crippen molar-refractivity contribution in [3.05, 3.63) is 77.4 Å². The first-order chi connectivity index (χ1) is 15.9. The number of fused-ring (bicyclic) bond motifs is 3. The molecule has 1 unspecified atom stereocenters. The Morgan fingerprint density at radius 2 is 1.52 bits per heavy atom. The maximum absolute atomic E-state index is 11.7. The van der Waals surface area contributed by atoms with Crippen LogP contribution in [0.4, 0.5) is 0 Å². The van der Waals surface area contributed by atoms with E-state index < -0.39 is 8.38 Å². The highest BCUT2D eigenvalue weighted by Crippen LogP contribution is 2.51. The molecule has 3 aromatic rings. The van der Waals surface area contributed by atoms with Crippen molar-refractivity contribution < 1.29 is 18.6 Å². The predicted octanol–water partition coefficient (Wildman–Crippen LogP) is 7.11. The number of ether oxygens (including phenoxy) is 1. The van der Waals surface area contributed by atoms with Gasteiger partial charge in [0, 0.05) is 12.0 Å². The zero-order chi connectivity index (χ0) is 23.5. The van der Waals surface area contributed by atoms with Crippen molar-refractivity contribution in [2.75, 3.05) is 7.11 Å². The molecule has 0 saturated heterocycles. The van der Waals surface area contributed by atoms with E-state index in [9.17, 15) is 4.79 Å². The maximum Gasteiger partial charge on any atom is 0.326 e. The first-order valence-corrected chi connectivity index (χ1v) is 12.6. The van der Waals surface area contributed by atoms with E-state index in [0.29, 0.717) is 12.8 Å². The molecule has 0 radical (unpaired) electrons. The van der Waals surface area contributed by atoms with Crippen LogP contribution in [0.5, 0.6) is 11.5 Å². The van der Waals surface area contributed by atoms with Crippen LogP contribution < -0.4 is 14.4 Å². The fraction of sp³-hybridized carbons (Fsp3) is 0.321. The summed E-state index contributed by atoms with van der Waals surface area (Å²) in [6.07, 6.45) is 1.01. The van der Waals surface area contributed by atoms with Crippen molar-refractivity contribution in [2.45, 2.75) is 52.4 Å². The van der Waals surface area contributed by atoms with E-state index in [1.807, 2.05) is 24.3 Å². The second kappa shape index (κ2) is 9.97. The average Bonchev–Trinajstić information content (AvgIpc) is 2.82. The van der Waals surface area contributed by atoms with Crippen LogP contribution in [0.3, 0.4) is 0 Å². The topological polar surface area (TPSA) is 44.8 Å². The van der Waals surface area contributed by atoms with Crippen molar-refractivity contribution in [1.82, 2.24) is 0 Å². The molecule has 172 valence electrons. The number of para-hydroxylation sites is 1. The first kappa shape index (κ1) is 23.3. The Hall–Kier alpha value is -2.84. The van der Waals surface area contributed by atoms with Gasteiger partial charge in [-0.1, -0.05) is 76.2 Å². The van der Waals surface area contributed by atoms with Crippen LogP contribution in [-0.4, -0.2) is 13.1 Å². The molecule has 1 aliphatic rings. The number of methoxy groups -OCH3 is 1. The third kappa shape index (κ3) is 4.91. The van der Waals surface area contributed by atoms with Gasteiger partial charge in [0.05, 0.1) is 12.4 Å². The third-order valence-electron chi connectivity index (χ3n) is 5.93. The molecule has 0 saturated carbocycles. The van der Waals surface area contributed by atoms with E-state index >= 15 is 0 Å². The number of rotatable bonds is 7. The Morgan fingerprint density at radius 1 is 0.909 bits per heavy atom. The SMILES string of the molecule is COC(=O)CCc1cc(C(C)C)c(OP2Oc3ccccc3-c3ccccc32)c(C(C)C)c1. The molecule has 4 nitrogen and oxygen atoms in total. The molecular formula is C28H31O4P. The van der Waals surface area contributed by atoms with Crippen molar-refractivity contribution >= 4 is 19.6 Å². The molecule has 0 spiro atoms. The summed E-state index contributed by atoms with van der Waals surface area (Å²) in [5.74, 6) is 2.09. The van der Waals surface area contributed by atoms with Crippen LogP contribution in [0.25, 0.3) is 11.1 Å². The van der Waals surface area contributed by atoms with Crippen molar-refractivity contribution in [2.24, 2.45) is 0 Å². The van der Waals surface area contributed by atoms with E-state index in [4.69, 9.17) is 13.8 Å². The van der Waals surface area contributed by atoms with Crippen LogP contribution in [0.2, 0.25) is 0 Å². The second-order valence-electron chi connectivity index (χ2n) is 8.94. The van der Waals surface area contributed by atoms with E-state index in [1.165, 1.54) is 7.11 Å². The zero-order valence-electron chi connectivity index (χ0n) is 19.9. The normalized spacial score (nSPS) is 14.5. The Morgan fingerprint density at radius 3 is 2.15 bits per heavy atom. The lowest BCUT2D eigenvalue weighted by atomic mass is 9.90. The largest absolute Gasteiger partial charge is 0.469 e. The molecule has 4 rings (SSSR count). The molecule has 1 atom stereocenters. The fourth-order valence-electron chi connectivity index (χ4n) is 4.11. The van der Waals surface area contributed by atoms with Gasteiger partial charge >= 0.3 is 14.3 Å². The Bertz CT molecular complexity index is 1120. The summed E-state index contributed by atoms with van der Waals surface area (Å²) >= 11 is 0. The van der Waals surface area contributed by atoms with Crippen molar-refractivity contribution in [3.63, 3.8) is 0 Å². The summed E-state index contributed by atoms with van der Waals surface area (Å²) in [7, 11) is 0.0942. The van der Waals surface area contributed by atoms with Gasteiger partial charge in [0.15, 0.2) is 0 Å². The number of benzene rings is 3. The molecule has 0 aliphatic carbocycles. The Balaban J connectivity index is 1.75. The molecule has 0 bridgehead atoms. The first-order valence-electron chi connectivity index (χ1n) is 11.5. The van der Waals surface area contributed by atoms with E-state index in [1.54, 1.807) is 0 Å². The van der Waals surface area contributed by atoms with Gasteiger partial charge in [-0.25, -0.2) is 0 Å². The zero-order valence-corrected chi connectivity index (χ0v) is 20.8. The molecule has 0 fully saturated rings. The number of carbonyl (C=O) groups is 1. The summed E-state index contributed by atoms with van der Waals surface area (Å²) in [5.41, 5.74) is 5.68. The maximum atomic E-state index is 11.7. The van der Waals surface area contributed by atoms with Gasteiger partial charge in [-0.3, -0.25) is 4.79 Å². The predicted molar refractivity (Wildman–Crippen MR) is 135 cm³/mol. The summed E-state index contributed by atoms with van der Waals surface area (Å²) in [6.45, 7) is 8.70. The van der Waals surface area contributed by atoms with E-state index in [-0.39, 0.29) is 17.8 Å². The summed E-state index contributed by atoms with van der Waals surface area (Å²) < 4.78 is 18.0. The average molecular weight is 463 g/mol. The van der Waals surface area contributed by atoms with Crippen LogP contribution in [0.1, 0.15) is 62.6 Å². The van der Waals surface area contributed by atoms with Crippen LogP contribution >= 0.6 is 8.38 Å². The lowest BCUT2D eigenvalue weighted by Crippen LogP contribution is -2.18. The van der Waals surface area contributed by atoms with Crippen LogP contribution in [0.15, 0.2) is 60.7 Å². The minimum Gasteiger partial charge on any atom is -0.469 e. The number of hydrogen-bond acceptors (Lipinski definition) is 4. The molecule has 0 N–H and O–H groups in total. The minimum atomic E-state index is -1.34. The fourth-order valence-corrected chi connectivity index (χ4v) is 5.66. The molecule has 1 aliphatic heterocycles. The van der Waals surface area contributed by atoms with Gasteiger partial charge in [0.2, 0.25) is 0 Å². The summed E-state index contributed by atoms with van der Waals surface area (Å²) in [5, 5.41) is 1.09. The van der Waals surface area contributed by atoms with Crippen molar-refractivity contribution in [1.29, 1.82) is 0 Å². The van der Waals surface area contributed by atoms with Crippen LogP contribution in [-0.2, 0) is 16.0 Å². The summed E-state index contributed by atoms with van der Waals surface area (Å²) in [4.78, 5) is 11.7. The van der Waals surface area contributed by atoms with Gasteiger partial charge in [-0.15, -0.1) is 0 Å². The molecule has 0 amide bonds. The van der Waals surface area contributed by atoms with E-state index in [0.717, 1.165) is 44.6 Å². The second-order valence-corrected chi connectivity index (χ2v) is 10.3. The lowest BCUT2D eigenvalue weighted by molar-refractivity contribution is -0.140. The molecule has 33 heavy (non-hydrogen) atoms. The van der Waals surface area contributed by atoms with Crippen molar-refractivity contribution in [3.8, 4) is 22.6 Å². The number of carbonyl (C=O) groups excluding carboxylic acids is 1. The van der Waals surface area contributed by atoms with Gasteiger partial charge < -0.3 is 13.8 Å².